The first kappa shape index (κ1) is 19.0. The molecule has 25 heavy (non-hydrogen) atoms. The van der Waals surface area contributed by atoms with Gasteiger partial charge in [0.15, 0.2) is 0 Å². The van der Waals surface area contributed by atoms with Crippen LogP contribution in [-0.4, -0.2) is 39.5 Å². The molecule has 0 aromatic rings. The molecule has 144 valence electrons. The van der Waals surface area contributed by atoms with Gasteiger partial charge in [-0.1, -0.05) is 0 Å². The lowest BCUT2D eigenvalue weighted by Gasteiger charge is -2.61. The number of ether oxygens (including phenoxy) is 1. The van der Waals surface area contributed by atoms with E-state index in [2.05, 4.69) is 23.3 Å². The van der Waals surface area contributed by atoms with Crippen LogP contribution in [-0.2, 0) is 19.0 Å². The van der Waals surface area contributed by atoms with E-state index in [4.69, 9.17) is 4.74 Å². The van der Waals surface area contributed by atoms with Crippen LogP contribution in [0.1, 0.15) is 58.8 Å². The number of carbonyl (C=O) groups is 1. The molecule has 0 aliphatic heterocycles. The van der Waals surface area contributed by atoms with E-state index in [1.807, 2.05) is 0 Å². The first-order valence-electron chi connectivity index (χ1n) is 9.40. The molecule has 1 N–H and O–H groups in total. The summed E-state index contributed by atoms with van der Waals surface area (Å²) in [5.41, 5.74) is -0.352. The number of amides is 1. The van der Waals surface area contributed by atoms with Gasteiger partial charge in [0, 0.05) is 12.0 Å². The molecule has 4 rings (SSSR count). The van der Waals surface area contributed by atoms with Gasteiger partial charge in [0.05, 0.1) is 12.9 Å². The van der Waals surface area contributed by atoms with Crippen LogP contribution in [0.3, 0.4) is 0 Å². The summed E-state index contributed by atoms with van der Waals surface area (Å²) in [4.78, 5) is 12.2. The lowest BCUT2D eigenvalue weighted by molar-refractivity contribution is -0.162. The molecule has 0 atom stereocenters. The number of rotatable bonds is 7. The molecule has 0 unspecified atom stereocenters. The van der Waals surface area contributed by atoms with Gasteiger partial charge in [0.2, 0.25) is 0 Å². The van der Waals surface area contributed by atoms with E-state index in [0.29, 0.717) is 13.0 Å². The largest absolute Gasteiger partial charge is 0.443 e. The maximum Gasteiger partial charge on any atom is 0.407 e. The Balaban J connectivity index is 1.49. The molecule has 0 aromatic carbocycles. The van der Waals surface area contributed by atoms with E-state index in [0.717, 1.165) is 24.0 Å². The van der Waals surface area contributed by atoms with Crippen LogP contribution in [0.2, 0.25) is 0 Å². The topological polar surface area (TPSA) is 81.7 Å². The van der Waals surface area contributed by atoms with Gasteiger partial charge in [-0.25, -0.2) is 4.79 Å². The summed E-state index contributed by atoms with van der Waals surface area (Å²) < 4.78 is 32.3. The molecule has 0 heterocycles. The Morgan fingerprint density at radius 1 is 1.12 bits per heavy atom. The van der Waals surface area contributed by atoms with Crippen molar-refractivity contribution in [1.29, 1.82) is 0 Å². The van der Waals surface area contributed by atoms with Gasteiger partial charge in [-0.15, -0.1) is 0 Å². The molecule has 4 aliphatic carbocycles. The van der Waals surface area contributed by atoms with Crippen LogP contribution in [0.15, 0.2) is 0 Å². The fraction of sp³-hybridized carbons (Fsp3) is 0.944. The first-order chi connectivity index (χ1) is 11.6. The SMILES string of the molecule is CC(C)(OC(=O)NCCCOS(C)(=O)=O)C12CC3CC(CC(C3)C1)C2. The highest BCUT2D eigenvalue weighted by atomic mass is 32.2. The van der Waals surface area contributed by atoms with Gasteiger partial charge in [-0.2, -0.15) is 8.42 Å². The zero-order valence-corrected chi connectivity index (χ0v) is 16.4. The summed E-state index contributed by atoms with van der Waals surface area (Å²) in [6.45, 7) is 4.53. The third kappa shape index (κ3) is 4.30. The number of carbonyl (C=O) groups excluding carboxylic acids is 1. The Kier molecular flexibility index (Phi) is 5.10. The van der Waals surface area contributed by atoms with Crippen molar-refractivity contribution < 1.29 is 22.1 Å². The highest BCUT2D eigenvalue weighted by Gasteiger charge is 2.58. The molecule has 4 bridgehead atoms. The zero-order valence-electron chi connectivity index (χ0n) is 15.5. The summed E-state index contributed by atoms with van der Waals surface area (Å²) in [5, 5.41) is 2.72. The van der Waals surface area contributed by atoms with E-state index in [-0.39, 0.29) is 12.0 Å². The van der Waals surface area contributed by atoms with Gasteiger partial charge in [0.1, 0.15) is 5.60 Å². The Labute approximate surface area is 151 Å². The maximum atomic E-state index is 12.2. The average Bonchev–Trinajstić information content (AvgIpc) is 2.43. The minimum atomic E-state index is -3.42. The quantitative estimate of drug-likeness (QED) is 0.548. The normalized spacial score (nSPS) is 34.1. The monoisotopic (exact) mass is 373 g/mol. The molecule has 0 spiro atoms. The summed E-state index contributed by atoms with van der Waals surface area (Å²) >= 11 is 0. The molecular weight excluding hydrogens is 342 g/mol. The summed E-state index contributed by atoms with van der Waals surface area (Å²) in [6, 6.07) is 0. The molecule has 4 fully saturated rings. The smallest absolute Gasteiger partial charge is 0.407 e. The van der Waals surface area contributed by atoms with Crippen molar-refractivity contribution in [2.45, 2.75) is 64.4 Å². The molecular formula is C18H31NO5S. The Hall–Kier alpha value is -0.820. The van der Waals surface area contributed by atoms with E-state index < -0.39 is 21.8 Å². The molecule has 7 heteroatoms. The second-order valence-electron chi connectivity index (χ2n) is 8.90. The molecule has 0 radical (unpaired) electrons. The van der Waals surface area contributed by atoms with Crippen molar-refractivity contribution in [2.24, 2.45) is 23.2 Å². The first-order valence-corrected chi connectivity index (χ1v) is 11.2. The van der Waals surface area contributed by atoms with Gasteiger partial charge < -0.3 is 10.1 Å². The maximum absolute atomic E-state index is 12.2. The van der Waals surface area contributed by atoms with E-state index in [1.54, 1.807) is 0 Å². The second-order valence-corrected chi connectivity index (χ2v) is 10.5. The van der Waals surface area contributed by atoms with Crippen LogP contribution >= 0.6 is 0 Å². The molecule has 4 saturated carbocycles. The van der Waals surface area contributed by atoms with Crippen molar-refractivity contribution >= 4 is 16.2 Å². The van der Waals surface area contributed by atoms with Crippen LogP contribution in [0, 0.1) is 23.2 Å². The third-order valence-electron chi connectivity index (χ3n) is 6.55. The minimum absolute atomic E-state index is 0.0669. The van der Waals surface area contributed by atoms with Crippen LogP contribution in [0.25, 0.3) is 0 Å². The summed E-state index contributed by atoms with van der Waals surface area (Å²) in [7, 11) is -3.42. The highest BCUT2D eigenvalue weighted by molar-refractivity contribution is 7.85. The fourth-order valence-corrected chi connectivity index (χ4v) is 6.12. The van der Waals surface area contributed by atoms with E-state index in [1.165, 1.54) is 38.5 Å². The third-order valence-corrected chi connectivity index (χ3v) is 7.15. The van der Waals surface area contributed by atoms with Gasteiger partial charge >= 0.3 is 6.09 Å². The molecule has 6 nitrogen and oxygen atoms in total. The van der Waals surface area contributed by atoms with Crippen molar-refractivity contribution in [1.82, 2.24) is 5.32 Å². The summed E-state index contributed by atoms with van der Waals surface area (Å²) in [5.74, 6) is 2.43. The zero-order chi connectivity index (χ0) is 18.3. The predicted molar refractivity (Wildman–Crippen MR) is 94.6 cm³/mol. The Morgan fingerprint density at radius 3 is 2.12 bits per heavy atom. The number of alkyl carbamates (subject to hydrolysis) is 1. The van der Waals surface area contributed by atoms with Crippen LogP contribution in [0.4, 0.5) is 4.79 Å². The minimum Gasteiger partial charge on any atom is -0.443 e. The van der Waals surface area contributed by atoms with Crippen molar-refractivity contribution in [2.75, 3.05) is 19.4 Å². The lowest BCUT2D eigenvalue weighted by Crippen LogP contribution is -2.58. The molecule has 1 amide bonds. The summed E-state index contributed by atoms with van der Waals surface area (Å²) in [6.07, 6.45) is 8.67. The Bertz CT molecular complexity index is 578. The standard InChI is InChI=1S/C18H31NO5S/c1-17(2,24-16(20)19-5-4-6-23-25(3,21)22)18-10-13-7-14(11-18)9-15(8-13)12-18/h13-15H,4-12H2,1-3H3,(H,19,20). The van der Waals surface area contributed by atoms with E-state index >= 15 is 0 Å². The fourth-order valence-electron chi connectivity index (χ4n) is 5.70. The number of hydrogen-bond acceptors (Lipinski definition) is 5. The van der Waals surface area contributed by atoms with Crippen molar-refractivity contribution in [3.8, 4) is 0 Å². The van der Waals surface area contributed by atoms with Gasteiger partial charge in [-0.3, -0.25) is 4.18 Å². The Morgan fingerprint density at radius 2 is 1.64 bits per heavy atom. The highest BCUT2D eigenvalue weighted by Crippen LogP contribution is 2.64. The number of nitrogens with one attached hydrogen (secondary N) is 1. The van der Waals surface area contributed by atoms with E-state index in [9.17, 15) is 13.2 Å². The van der Waals surface area contributed by atoms with Gasteiger partial charge in [-0.05, 0) is 76.5 Å². The van der Waals surface area contributed by atoms with Crippen molar-refractivity contribution in [3.63, 3.8) is 0 Å². The average molecular weight is 374 g/mol. The lowest BCUT2D eigenvalue weighted by atomic mass is 9.46. The van der Waals surface area contributed by atoms with Gasteiger partial charge in [0.25, 0.3) is 10.1 Å². The molecule has 0 aromatic heterocycles. The second kappa shape index (κ2) is 6.72. The molecule has 0 saturated heterocycles. The van der Waals surface area contributed by atoms with Crippen molar-refractivity contribution in [3.05, 3.63) is 0 Å². The van der Waals surface area contributed by atoms with Crippen LogP contribution in [0.5, 0.6) is 0 Å². The number of hydrogen-bond donors (Lipinski definition) is 1. The predicted octanol–water partition coefficient (Wildman–Crippen LogP) is 3.07. The van der Waals surface area contributed by atoms with Crippen LogP contribution < -0.4 is 5.32 Å². The molecule has 4 aliphatic rings.